The summed E-state index contributed by atoms with van der Waals surface area (Å²) < 4.78 is 0. The van der Waals surface area contributed by atoms with E-state index >= 15 is 0 Å². The van der Waals surface area contributed by atoms with Crippen LogP contribution in [0.5, 0.6) is 0 Å². The molecule has 1 nitrogen and oxygen atoms in total. The Bertz CT molecular complexity index is 872. The van der Waals surface area contributed by atoms with Gasteiger partial charge in [0, 0.05) is 11.0 Å². The molecule has 1 heteroatoms. The minimum Gasteiger partial charge on any atom is -0.294 e. The van der Waals surface area contributed by atoms with Crippen LogP contribution in [0.25, 0.3) is 11.6 Å². The number of ketones is 1. The predicted molar refractivity (Wildman–Crippen MR) is 110 cm³/mol. The monoisotopic (exact) mass is 340 g/mol. The lowest BCUT2D eigenvalue weighted by molar-refractivity contribution is 0.0858. The standard InChI is InChI=1S/C25H24O/c1-25(2,3)24(26)22-17-11-10-16-21(22)18-23(19-12-6-4-7-13-19)20-14-8-5-9-15-20/h4-18H,1-3H3. The van der Waals surface area contributed by atoms with Gasteiger partial charge in [0.2, 0.25) is 0 Å². The summed E-state index contributed by atoms with van der Waals surface area (Å²) in [4.78, 5) is 12.9. The van der Waals surface area contributed by atoms with E-state index in [-0.39, 0.29) is 5.78 Å². The van der Waals surface area contributed by atoms with Gasteiger partial charge in [-0.15, -0.1) is 0 Å². The molecule has 0 N–H and O–H groups in total. The Labute approximate surface area is 156 Å². The topological polar surface area (TPSA) is 17.1 Å². The van der Waals surface area contributed by atoms with Gasteiger partial charge in [-0.25, -0.2) is 0 Å². The molecule has 0 heterocycles. The normalized spacial score (nSPS) is 11.0. The third-order valence-corrected chi connectivity index (χ3v) is 4.36. The highest BCUT2D eigenvalue weighted by molar-refractivity contribution is 6.05. The van der Waals surface area contributed by atoms with Gasteiger partial charge in [-0.1, -0.05) is 106 Å². The molecular formula is C25H24O. The van der Waals surface area contributed by atoms with E-state index in [1.165, 1.54) is 0 Å². The van der Waals surface area contributed by atoms with Crippen molar-refractivity contribution in [3.63, 3.8) is 0 Å². The molecule has 0 unspecified atom stereocenters. The molecule has 0 saturated carbocycles. The summed E-state index contributed by atoms with van der Waals surface area (Å²) in [6.07, 6.45) is 2.13. The highest BCUT2D eigenvalue weighted by Crippen LogP contribution is 2.29. The molecule has 0 spiro atoms. The third-order valence-electron chi connectivity index (χ3n) is 4.36. The van der Waals surface area contributed by atoms with Crippen LogP contribution in [0, 0.1) is 5.41 Å². The highest BCUT2D eigenvalue weighted by Gasteiger charge is 2.24. The van der Waals surface area contributed by atoms with Gasteiger partial charge in [0.15, 0.2) is 5.78 Å². The average molecular weight is 340 g/mol. The maximum Gasteiger partial charge on any atom is 0.168 e. The number of hydrogen-bond acceptors (Lipinski definition) is 1. The minimum atomic E-state index is -0.413. The Balaban J connectivity index is 2.18. The molecule has 0 radical (unpaired) electrons. The van der Waals surface area contributed by atoms with Crippen molar-refractivity contribution in [2.24, 2.45) is 5.41 Å². The van der Waals surface area contributed by atoms with Gasteiger partial charge in [-0.2, -0.15) is 0 Å². The minimum absolute atomic E-state index is 0.157. The molecule has 0 saturated heterocycles. The fraction of sp³-hybridized carbons (Fsp3) is 0.160. The summed E-state index contributed by atoms with van der Waals surface area (Å²) >= 11 is 0. The molecule has 3 aromatic rings. The summed E-state index contributed by atoms with van der Waals surface area (Å²) in [6.45, 7) is 5.89. The largest absolute Gasteiger partial charge is 0.294 e. The van der Waals surface area contributed by atoms with E-state index in [2.05, 4.69) is 30.3 Å². The van der Waals surface area contributed by atoms with Crippen molar-refractivity contribution in [2.45, 2.75) is 20.8 Å². The molecule has 0 fully saturated rings. The van der Waals surface area contributed by atoms with Crippen molar-refractivity contribution >= 4 is 17.4 Å². The second-order valence-electron chi connectivity index (χ2n) is 7.46. The zero-order chi connectivity index (χ0) is 18.6. The van der Waals surface area contributed by atoms with E-state index in [0.29, 0.717) is 0 Å². The number of carbonyl (C=O) groups excluding carboxylic acids is 1. The third kappa shape index (κ3) is 4.00. The van der Waals surface area contributed by atoms with Crippen LogP contribution >= 0.6 is 0 Å². The molecule has 0 aliphatic carbocycles. The lowest BCUT2D eigenvalue weighted by atomic mass is 9.84. The number of benzene rings is 3. The smallest absolute Gasteiger partial charge is 0.168 e. The second kappa shape index (κ2) is 7.53. The fourth-order valence-electron chi connectivity index (χ4n) is 2.96. The SMILES string of the molecule is CC(C)(C)C(=O)c1ccccc1C=C(c1ccccc1)c1ccccc1. The molecule has 0 aromatic heterocycles. The van der Waals surface area contributed by atoms with E-state index < -0.39 is 5.41 Å². The summed E-state index contributed by atoms with van der Waals surface area (Å²) in [5, 5.41) is 0. The van der Waals surface area contributed by atoms with Crippen LogP contribution in [0.2, 0.25) is 0 Å². The lowest BCUT2D eigenvalue weighted by Gasteiger charge is -2.18. The Hall–Kier alpha value is -2.93. The van der Waals surface area contributed by atoms with Crippen LogP contribution in [-0.4, -0.2) is 5.78 Å². The first-order valence-corrected chi connectivity index (χ1v) is 8.93. The fourth-order valence-corrected chi connectivity index (χ4v) is 2.96. The molecule has 3 rings (SSSR count). The maximum absolute atomic E-state index is 12.9. The quantitative estimate of drug-likeness (QED) is 0.391. The first kappa shape index (κ1) is 17.9. The number of Topliss-reactive ketones (excluding diaryl/α,β-unsaturated/α-hetero) is 1. The first-order valence-electron chi connectivity index (χ1n) is 8.93. The molecule has 0 bridgehead atoms. The van der Waals surface area contributed by atoms with Gasteiger partial charge in [0.1, 0.15) is 0 Å². The van der Waals surface area contributed by atoms with Crippen molar-refractivity contribution in [3.05, 3.63) is 107 Å². The zero-order valence-corrected chi connectivity index (χ0v) is 15.6. The van der Waals surface area contributed by atoms with Crippen LogP contribution in [0.4, 0.5) is 0 Å². The highest BCUT2D eigenvalue weighted by atomic mass is 16.1. The Kier molecular flexibility index (Phi) is 5.18. The van der Waals surface area contributed by atoms with Crippen LogP contribution < -0.4 is 0 Å². The first-order chi connectivity index (χ1) is 12.5. The van der Waals surface area contributed by atoms with Gasteiger partial charge in [-0.05, 0) is 28.3 Å². The van der Waals surface area contributed by atoms with Crippen molar-refractivity contribution in [1.29, 1.82) is 0 Å². The molecule has 3 aromatic carbocycles. The van der Waals surface area contributed by atoms with E-state index in [9.17, 15) is 4.79 Å². The number of rotatable bonds is 4. The average Bonchev–Trinajstić information content (AvgIpc) is 2.66. The maximum atomic E-state index is 12.9. The second-order valence-corrected chi connectivity index (χ2v) is 7.46. The zero-order valence-electron chi connectivity index (χ0n) is 15.6. The summed E-state index contributed by atoms with van der Waals surface area (Å²) in [5.74, 6) is 0.157. The predicted octanol–water partition coefficient (Wildman–Crippen LogP) is 6.50. The van der Waals surface area contributed by atoms with Crippen LogP contribution in [0.1, 0.15) is 47.8 Å². The lowest BCUT2D eigenvalue weighted by Crippen LogP contribution is -2.21. The Morgan fingerprint density at radius 2 is 1.15 bits per heavy atom. The van der Waals surface area contributed by atoms with Gasteiger partial charge in [0.25, 0.3) is 0 Å². The van der Waals surface area contributed by atoms with Gasteiger partial charge in [-0.3, -0.25) is 4.79 Å². The molecule has 26 heavy (non-hydrogen) atoms. The van der Waals surface area contributed by atoms with Gasteiger partial charge < -0.3 is 0 Å². The van der Waals surface area contributed by atoms with Crippen molar-refractivity contribution in [3.8, 4) is 0 Å². The molecule has 0 atom stereocenters. The Morgan fingerprint density at radius 1 is 0.692 bits per heavy atom. The summed E-state index contributed by atoms with van der Waals surface area (Å²) in [5.41, 5.74) is 4.69. The Morgan fingerprint density at radius 3 is 1.65 bits per heavy atom. The van der Waals surface area contributed by atoms with E-state index in [4.69, 9.17) is 0 Å². The van der Waals surface area contributed by atoms with Crippen LogP contribution in [-0.2, 0) is 0 Å². The van der Waals surface area contributed by atoms with Crippen LogP contribution in [0.15, 0.2) is 84.9 Å². The number of carbonyl (C=O) groups is 1. The van der Waals surface area contributed by atoms with Gasteiger partial charge >= 0.3 is 0 Å². The summed E-state index contributed by atoms with van der Waals surface area (Å²) in [7, 11) is 0. The molecule has 0 amide bonds. The molecule has 0 aliphatic heterocycles. The van der Waals surface area contributed by atoms with E-state index in [1.54, 1.807) is 0 Å². The van der Waals surface area contributed by atoms with Gasteiger partial charge in [0.05, 0.1) is 0 Å². The molecular weight excluding hydrogens is 316 g/mol. The molecule has 0 aliphatic rings. The van der Waals surface area contributed by atoms with E-state index in [1.807, 2.05) is 81.4 Å². The molecule has 130 valence electrons. The van der Waals surface area contributed by atoms with Crippen molar-refractivity contribution < 1.29 is 4.79 Å². The van der Waals surface area contributed by atoms with Crippen molar-refractivity contribution in [2.75, 3.05) is 0 Å². The summed E-state index contributed by atoms with van der Waals surface area (Å²) in [6, 6.07) is 28.5. The van der Waals surface area contributed by atoms with E-state index in [0.717, 1.165) is 27.8 Å². The van der Waals surface area contributed by atoms with Crippen LogP contribution in [0.3, 0.4) is 0 Å². The van der Waals surface area contributed by atoms with Crippen molar-refractivity contribution in [1.82, 2.24) is 0 Å². The number of hydrogen-bond donors (Lipinski definition) is 0.